The van der Waals surface area contributed by atoms with Gasteiger partial charge in [0.2, 0.25) is 5.91 Å². The summed E-state index contributed by atoms with van der Waals surface area (Å²) in [6, 6.07) is 6.01. The molecule has 4 nitrogen and oxygen atoms in total. The third kappa shape index (κ3) is 5.38. The fraction of sp³-hybridized carbons (Fsp3) is 0.588. The molecule has 3 N–H and O–H groups in total. The lowest BCUT2D eigenvalue weighted by Crippen LogP contribution is -2.28. The summed E-state index contributed by atoms with van der Waals surface area (Å²) in [5.74, 6) is 0.678. The summed E-state index contributed by atoms with van der Waals surface area (Å²) in [7, 11) is 0. The molecule has 0 saturated heterocycles. The topological polar surface area (TPSA) is 64.3 Å². The lowest BCUT2D eigenvalue weighted by atomic mass is 9.95. The van der Waals surface area contributed by atoms with Gasteiger partial charge in [0, 0.05) is 11.5 Å². The summed E-state index contributed by atoms with van der Waals surface area (Å²) < 4.78 is 5.65. The van der Waals surface area contributed by atoms with E-state index in [0.717, 1.165) is 18.4 Å². The highest BCUT2D eigenvalue weighted by Gasteiger charge is 2.22. The van der Waals surface area contributed by atoms with Gasteiger partial charge < -0.3 is 15.8 Å². The van der Waals surface area contributed by atoms with Crippen molar-refractivity contribution >= 4 is 11.6 Å². The van der Waals surface area contributed by atoms with Gasteiger partial charge in [-0.15, -0.1) is 0 Å². The Hall–Kier alpha value is -1.55. The van der Waals surface area contributed by atoms with Gasteiger partial charge in [0.25, 0.3) is 0 Å². The molecule has 1 unspecified atom stereocenters. The van der Waals surface area contributed by atoms with Crippen LogP contribution in [0.3, 0.4) is 0 Å². The number of benzene rings is 1. The zero-order valence-electron chi connectivity index (χ0n) is 13.8. The Kier molecular flexibility index (Phi) is 6.21. The molecule has 0 aliphatic rings. The average Bonchev–Trinajstić information content (AvgIpc) is 2.40. The SMILES string of the molecule is CCOc1cc(CC(N)CC)ccc1NC(=O)C(C)(C)C. The molecule has 0 heterocycles. The number of carbonyl (C=O) groups is 1. The number of nitrogens with one attached hydrogen (secondary N) is 1. The molecule has 1 aromatic carbocycles. The van der Waals surface area contributed by atoms with Crippen LogP contribution in [0.25, 0.3) is 0 Å². The average molecular weight is 292 g/mol. The molecule has 0 aliphatic heterocycles. The van der Waals surface area contributed by atoms with E-state index in [-0.39, 0.29) is 11.9 Å². The predicted octanol–water partition coefficient (Wildman–Crippen LogP) is 3.35. The highest BCUT2D eigenvalue weighted by molar-refractivity contribution is 5.95. The number of hydrogen-bond acceptors (Lipinski definition) is 3. The zero-order valence-corrected chi connectivity index (χ0v) is 13.8. The minimum Gasteiger partial charge on any atom is -0.492 e. The zero-order chi connectivity index (χ0) is 16.0. The molecule has 4 heteroatoms. The molecule has 0 bridgehead atoms. The highest BCUT2D eigenvalue weighted by atomic mass is 16.5. The first-order valence-corrected chi connectivity index (χ1v) is 7.60. The maximum Gasteiger partial charge on any atom is 0.229 e. The molecule has 0 radical (unpaired) electrons. The number of ether oxygens (including phenoxy) is 1. The van der Waals surface area contributed by atoms with E-state index in [2.05, 4.69) is 12.2 Å². The van der Waals surface area contributed by atoms with E-state index in [9.17, 15) is 4.79 Å². The van der Waals surface area contributed by atoms with Crippen molar-refractivity contribution in [3.05, 3.63) is 23.8 Å². The monoisotopic (exact) mass is 292 g/mol. The van der Waals surface area contributed by atoms with Crippen LogP contribution in [0, 0.1) is 5.41 Å². The third-order valence-electron chi connectivity index (χ3n) is 3.30. The largest absolute Gasteiger partial charge is 0.492 e. The Labute approximate surface area is 128 Å². The van der Waals surface area contributed by atoms with Crippen LogP contribution in [-0.2, 0) is 11.2 Å². The lowest BCUT2D eigenvalue weighted by Gasteiger charge is -2.20. The molecule has 0 aromatic heterocycles. The van der Waals surface area contributed by atoms with Gasteiger partial charge >= 0.3 is 0 Å². The Morgan fingerprint density at radius 1 is 1.33 bits per heavy atom. The summed E-state index contributed by atoms with van der Waals surface area (Å²) in [5.41, 5.74) is 7.40. The summed E-state index contributed by atoms with van der Waals surface area (Å²) in [5, 5.41) is 2.93. The Balaban J connectivity index is 2.96. The summed E-state index contributed by atoms with van der Waals surface area (Å²) in [6.07, 6.45) is 1.75. The standard InChI is InChI=1S/C17H28N2O2/c1-6-13(18)10-12-8-9-14(15(11-12)21-7-2)19-16(20)17(3,4)5/h8-9,11,13H,6-7,10,18H2,1-5H3,(H,19,20). The maximum absolute atomic E-state index is 12.1. The van der Waals surface area contributed by atoms with E-state index in [1.54, 1.807) is 0 Å². The van der Waals surface area contributed by atoms with E-state index in [1.807, 2.05) is 45.9 Å². The normalized spacial score (nSPS) is 12.9. The van der Waals surface area contributed by atoms with Crippen molar-refractivity contribution in [2.45, 2.75) is 53.5 Å². The molecule has 1 atom stereocenters. The van der Waals surface area contributed by atoms with Crippen molar-refractivity contribution in [1.82, 2.24) is 0 Å². The van der Waals surface area contributed by atoms with E-state index < -0.39 is 5.41 Å². The number of amides is 1. The first-order valence-electron chi connectivity index (χ1n) is 7.60. The van der Waals surface area contributed by atoms with Crippen molar-refractivity contribution in [2.75, 3.05) is 11.9 Å². The number of hydrogen-bond donors (Lipinski definition) is 2. The molecule has 1 amide bonds. The Morgan fingerprint density at radius 3 is 2.52 bits per heavy atom. The van der Waals surface area contributed by atoms with Crippen LogP contribution < -0.4 is 15.8 Å². The van der Waals surface area contributed by atoms with Gasteiger partial charge in [-0.2, -0.15) is 0 Å². The third-order valence-corrected chi connectivity index (χ3v) is 3.30. The molecule has 1 rings (SSSR count). The number of nitrogens with two attached hydrogens (primary N) is 1. The van der Waals surface area contributed by atoms with E-state index in [0.29, 0.717) is 18.0 Å². The fourth-order valence-electron chi connectivity index (χ4n) is 1.83. The van der Waals surface area contributed by atoms with Gasteiger partial charge in [-0.25, -0.2) is 0 Å². The number of carbonyl (C=O) groups excluding carboxylic acids is 1. The van der Waals surface area contributed by atoms with E-state index >= 15 is 0 Å². The quantitative estimate of drug-likeness (QED) is 0.845. The molecular weight excluding hydrogens is 264 g/mol. The van der Waals surface area contributed by atoms with Crippen molar-refractivity contribution in [3.63, 3.8) is 0 Å². The molecule has 0 spiro atoms. The molecule has 118 valence electrons. The highest BCUT2D eigenvalue weighted by Crippen LogP contribution is 2.28. The molecular formula is C17H28N2O2. The van der Waals surface area contributed by atoms with Gasteiger partial charge in [-0.3, -0.25) is 4.79 Å². The number of anilines is 1. The predicted molar refractivity (Wildman–Crippen MR) is 87.7 cm³/mol. The fourth-order valence-corrected chi connectivity index (χ4v) is 1.83. The van der Waals surface area contributed by atoms with Crippen LogP contribution in [0.1, 0.15) is 46.6 Å². The summed E-state index contributed by atoms with van der Waals surface area (Å²) >= 11 is 0. The van der Waals surface area contributed by atoms with Crippen molar-refractivity contribution in [1.29, 1.82) is 0 Å². The molecule has 21 heavy (non-hydrogen) atoms. The minimum absolute atomic E-state index is 0.0264. The first-order chi connectivity index (χ1) is 9.77. The van der Waals surface area contributed by atoms with Crippen molar-refractivity contribution < 1.29 is 9.53 Å². The Bertz CT molecular complexity index is 478. The summed E-state index contributed by atoms with van der Waals surface area (Å²) in [6.45, 7) is 10.2. The molecule has 0 saturated carbocycles. The van der Waals surface area contributed by atoms with E-state index in [1.165, 1.54) is 0 Å². The smallest absolute Gasteiger partial charge is 0.229 e. The Morgan fingerprint density at radius 2 is 2.00 bits per heavy atom. The van der Waals surface area contributed by atoms with E-state index in [4.69, 9.17) is 10.5 Å². The molecule has 0 fully saturated rings. The minimum atomic E-state index is -0.438. The van der Waals surface area contributed by atoms with Crippen LogP contribution in [0.5, 0.6) is 5.75 Å². The van der Waals surface area contributed by atoms with Gasteiger partial charge in [0.15, 0.2) is 0 Å². The second kappa shape index (κ2) is 7.46. The van der Waals surface area contributed by atoms with Crippen LogP contribution in [0.15, 0.2) is 18.2 Å². The van der Waals surface area contributed by atoms with Gasteiger partial charge in [0.1, 0.15) is 5.75 Å². The maximum atomic E-state index is 12.1. The van der Waals surface area contributed by atoms with Crippen LogP contribution in [0.4, 0.5) is 5.69 Å². The molecule has 0 aliphatic carbocycles. The second-order valence-electron chi connectivity index (χ2n) is 6.34. The van der Waals surface area contributed by atoms with Crippen molar-refractivity contribution in [3.8, 4) is 5.75 Å². The van der Waals surface area contributed by atoms with Crippen molar-refractivity contribution in [2.24, 2.45) is 11.1 Å². The van der Waals surface area contributed by atoms with Gasteiger partial charge in [-0.05, 0) is 37.5 Å². The van der Waals surface area contributed by atoms with Crippen LogP contribution in [0.2, 0.25) is 0 Å². The van der Waals surface area contributed by atoms with Crippen LogP contribution >= 0.6 is 0 Å². The van der Waals surface area contributed by atoms with Crippen LogP contribution in [-0.4, -0.2) is 18.6 Å². The second-order valence-corrected chi connectivity index (χ2v) is 6.34. The molecule has 1 aromatic rings. The summed E-state index contributed by atoms with van der Waals surface area (Å²) in [4.78, 5) is 12.1. The number of rotatable bonds is 6. The lowest BCUT2D eigenvalue weighted by molar-refractivity contribution is -0.123. The van der Waals surface area contributed by atoms with Gasteiger partial charge in [-0.1, -0.05) is 33.8 Å². The first kappa shape index (κ1) is 17.5. The van der Waals surface area contributed by atoms with Gasteiger partial charge in [0.05, 0.1) is 12.3 Å².